The molecule has 1 aliphatic heterocycles. The average Bonchev–Trinajstić information content (AvgIpc) is 2.75. The number of hydrogen-bond acceptors (Lipinski definition) is 3. The van der Waals surface area contributed by atoms with Crippen LogP contribution in [0.25, 0.3) is 0 Å². The molecule has 0 aromatic heterocycles. The van der Waals surface area contributed by atoms with Gasteiger partial charge in [-0.2, -0.15) is 0 Å². The Morgan fingerprint density at radius 3 is 2.04 bits per heavy atom. The number of ether oxygens (including phenoxy) is 1. The first kappa shape index (κ1) is 20.6. The molecule has 0 atom stereocenters. The molecule has 2 aromatic rings. The third kappa shape index (κ3) is 5.66. The Morgan fingerprint density at radius 1 is 1.00 bits per heavy atom. The van der Waals surface area contributed by atoms with E-state index in [0.717, 1.165) is 35.2 Å². The lowest BCUT2D eigenvalue weighted by Crippen LogP contribution is -2.57. The molecule has 150 valence electrons. The Balaban J connectivity index is 1.51. The van der Waals surface area contributed by atoms with E-state index in [2.05, 4.69) is 43.1 Å². The summed E-state index contributed by atoms with van der Waals surface area (Å²) < 4.78 is 6.76. The zero-order valence-corrected chi connectivity index (χ0v) is 17.2. The Bertz CT molecular complexity index is 685. The minimum atomic E-state index is -0.121. The van der Waals surface area contributed by atoms with Gasteiger partial charge in [-0.25, -0.2) is 0 Å². The maximum Gasteiger partial charge on any atom is 0.306 e. The molecule has 2 aromatic carbocycles. The Hall–Kier alpha value is -2.17. The molecular formula is C24H33N2O2+. The molecule has 1 saturated heterocycles. The summed E-state index contributed by atoms with van der Waals surface area (Å²) in [5.41, 5.74) is 2.30. The maximum atomic E-state index is 12.5. The molecule has 0 N–H and O–H groups in total. The van der Waals surface area contributed by atoms with Gasteiger partial charge in [-0.1, -0.05) is 60.7 Å². The molecule has 0 spiro atoms. The maximum absolute atomic E-state index is 12.5. The van der Waals surface area contributed by atoms with E-state index in [4.69, 9.17) is 4.74 Å². The lowest BCUT2D eigenvalue weighted by Gasteiger charge is -2.41. The fourth-order valence-electron chi connectivity index (χ4n) is 3.84. The summed E-state index contributed by atoms with van der Waals surface area (Å²) in [6, 6.07) is 20.4. The van der Waals surface area contributed by atoms with Crippen molar-refractivity contribution in [3.63, 3.8) is 0 Å². The van der Waals surface area contributed by atoms with Gasteiger partial charge in [-0.3, -0.25) is 9.69 Å². The lowest BCUT2D eigenvalue weighted by molar-refractivity contribution is -0.911. The van der Waals surface area contributed by atoms with Gasteiger partial charge in [0.2, 0.25) is 0 Å². The van der Waals surface area contributed by atoms with Crippen LogP contribution in [0.3, 0.4) is 0 Å². The van der Waals surface area contributed by atoms with E-state index in [1.165, 1.54) is 19.6 Å². The number of carbonyl (C=O) groups excluding carboxylic acids is 1. The quantitative estimate of drug-likeness (QED) is 0.517. The zero-order valence-electron chi connectivity index (χ0n) is 17.2. The van der Waals surface area contributed by atoms with Crippen LogP contribution < -0.4 is 0 Å². The molecule has 0 unspecified atom stereocenters. The second-order valence-corrected chi connectivity index (χ2v) is 8.02. The zero-order chi connectivity index (χ0) is 19.8. The number of likely N-dealkylation sites (N-methyl/N-ethyl adjacent to an activating group) is 1. The first-order valence-corrected chi connectivity index (χ1v) is 10.4. The molecule has 0 radical (unpaired) electrons. The first-order chi connectivity index (χ1) is 13.6. The number of benzene rings is 2. The van der Waals surface area contributed by atoms with E-state index >= 15 is 0 Å². The second kappa shape index (κ2) is 9.85. The van der Waals surface area contributed by atoms with Gasteiger partial charge in [0.05, 0.1) is 33.1 Å². The van der Waals surface area contributed by atoms with Crippen molar-refractivity contribution in [3.05, 3.63) is 71.8 Å². The normalized spacial score (nSPS) is 16.8. The van der Waals surface area contributed by atoms with Crippen LogP contribution in [-0.4, -0.2) is 68.3 Å². The summed E-state index contributed by atoms with van der Waals surface area (Å²) in [4.78, 5) is 15.0. The van der Waals surface area contributed by atoms with Crippen molar-refractivity contribution < 1.29 is 14.0 Å². The van der Waals surface area contributed by atoms with Crippen molar-refractivity contribution in [2.75, 3.05) is 52.9 Å². The molecule has 0 aliphatic carbocycles. The number of rotatable bonds is 8. The van der Waals surface area contributed by atoms with E-state index in [1.807, 2.05) is 36.4 Å². The van der Waals surface area contributed by atoms with Crippen molar-refractivity contribution >= 4 is 5.97 Å². The smallest absolute Gasteiger partial charge is 0.306 e. The van der Waals surface area contributed by atoms with E-state index in [9.17, 15) is 4.79 Å². The van der Waals surface area contributed by atoms with Crippen molar-refractivity contribution in [2.24, 2.45) is 0 Å². The van der Waals surface area contributed by atoms with Crippen LogP contribution in [0.15, 0.2) is 60.7 Å². The minimum absolute atomic E-state index is 0.0347. The van der Waals surface area contributed by atoms with Gasteiger partial charge in [0.25, 0.3) is 0 Å². The van der Waals surface area contributed by atoms with E-state index in [0.29, 0.717) is 13.0 Å². The SMILES string of the molecule is CC[N+]1(C)CCN(CCOC(=O)CC(c2ccccc2)c2ccccc2)CC1. The van der Waals surface area contributed by atoms with Crippen LogP contribution in [-0.2, 0) is 9.53 Å². The van der Waals surface area contributed by atoms with Crippen LogP contribution in [0.2, 0.25) is 0 Å². The van der Waals surface area contributed by atoms with E-state index < -0.39 is 0 Å². The summed E-state index contributed by atoms with van der Waals surface area (Å²) >= 11 is 0. The third-order valence-electron chi connectivity index (χ3n) is 6.12. The summed E-state index contributed by atoms with van der Waals surface area (Å²) in [5, 5.41) is 0. The van der Waals surface area contributed by atoms with Crippen LogP contribution in [0.1, 0.15) is 30.4 Å². The molecule has 1 fully saturated rings. The fraction of sp³-hybridized carbons (Fsp3) is 0.458. The van der Waals surface area contributed by atoms with Crippen molar-refractivity contribution in [1.82, 2.24) is 4.90 Å². The number of carbonyl (C=O) groups is 1. The largest absolute Gasteiger partial charge is 0.464 e. The Labute approximate surface area is 169 Å². The average molecular weight is 382 g/mol. The number of hydrogen-bond donors (Lipinski definition) is 0. The van der Waals surface area contributed by atoms with Gasteiger partial charge in [-0.15, -0.1) is 0 Å². The van der Waals surface area contributed by atoms with Crippen LogP contribution in [0, 0.1) is 0 Å². The highest BCUT2D eigenvalue weighted by molar-refractivity contribution is 5.71. The number of nitrogens with zero attached hydrogens (tertiary/aromatic N) is 2. The highest BCUT2D eigenvalue weighted by atomic mass is 16.5. The Kier molecular flexibility index (Phi) is 7.24. The standard InChI is InChI=1S/C24H33N2O2/c1-3-26(2)17-14-25(15-18-26)16-19-28-24(27)20-23(21-10-6-4-7-11-21)22-12-8-5-9-13-22/h4-13,23H,3,14-20H2,1-2H3/q+1. The summed E-state index contributed by atoms with van der Waals surface area (Å²) in [6.07, 6.45) is 0.374. The van der Waals surface area contributed by atoms with Crippen molar-refractivity contribution in [1.29, 1.82) is 0 Å². The Morgan fingerprint density at radius 2 is 1.54 bits per heavy atom. The monoisotopic (exact) mass is 381 g/mol. The van der Waals surface area contributed by atoms with Gasteiger partial charge in [0.1, 0.15) is 6.61 Å². The molecule has 1 heterocycles. The molecule has 4 nitrogen and oxygen atoms in total. The highest BCUT2D eigenvalue weighted by Gasteiger charge is 2.26. The number of piperazine rings is 1. The molecule has 0 amide bonds. The summed E-state index contributed by atoms with van der Waals surface area (Å²) in [7, 11) is 2.32. The van der Waals surface area contributed by atoms with Crippen LogP contribution in [0.4, 0.5) is 0 Å². The van der Waals surface area contributed by atoms with Crippen molar-refractivity contribution in [2.45, 2.75) is 19.3 Å². The van der Waals surface area contributed by atoms with Gasteiger partial charge in [0, 0.05) is 25.6 Å². The molecule has 0 saturated carbocycles. The first-order valence-electron chi connectivity index (χ1n) is 10.4. The molecule has 28 heavy (non-hydrogen) atoms. The third-order valence-corrected chi connectivity index (χ3v) is 6.12. The molecule has 1 aliphatic rings. The summed E-state index contributed by atoms with van der Waals surface area (Å²) in [5.74, 6) is -0.0867. The predicted molar refractivity (Wildman–Crippen MR) is 113 cm³/mol. The van der Waals surface area contributed by atoms with Gasteiger partial charge < -0.3 is 9.22 Å². The molecule has 4 heteroatoms. The van der Waals surface area contributed by atoms with Gasteiger partial charge >= 0.3 is 5.97 Å². The predicted octanol–water partition coefficient (Wildman–Crippen LogP) is 3.53. The molecule has 3 rings (SSSR count). The van der Waals surface area contributed by atoms with E-state index in [-0.39, 0.29) is 11.9 Å². The second-order valence-electron chi connectivity index (χ2n) is 8.02. The number of esters is 1. The molecular weight excluding hydrogens is 348 g/mol. The van der Waals surface area contributed by atoms with Gasteiger partial charge in [0.15, 0.2) is 0 Å². The van der Waals surface area contributed by atoms with Crippen molar-refractivity contribution in [3.8, 4) is 0 Å². The van der Waals surface area contributed by atoms with Gasteiger partial charge in [-0.05, 0) is 18.1 Å². The topological polar surface area (TPSA) is 29.5 Å². The fourth-order valence-corrected chi connectivity index (χ4v) is 3.84. The van der Waals surface area contributed by atoms with Crippen LogP contribution in [0.5, 0.6) is 0 Å². The molecule has 0 bridgehead atoms. The van der Waals surface area contributed by atoms with E-state index in [1.54, 1.807) is 0 Å². The summed E-state index contributed by atoms with van der Waals surface area (Å²) in [6.45, 7) is 9.26. The lowest BCUT2D eigenvalue weighted by atomic mass is 9.89. The van der Waals surface area contributed by atoms with Crippen LogP contribution >= 0.6 is 0 Å². The highest BCUT2D eigenvalue weighted by Crippen LogP contribution is 2.28. The minimum Gasteiger partial charge on any atom is -0.464 e. The number of quaternary nitrogens is 1.